The van der Waals surface area contributed by atoms with Gasteiger partial charge in [-0.05, 0) is 44.9 Å². The summed E-state index contributed by atoms with van der Waals surface area (Å²) < 4.78 is 2.16. The van der Waals surface area contributed by atoms with Crippen LogP contribution >= 0.6 is 0 Å². The van der Waals surface area contributed by atoms with Crippen molar-refractivity contribution in [2.45, 2.75) is 46.1 Å². The van der Waals surface area contributed by atoms with Gasteiger partial charge in [0.2, 0.25) is 5.91 Å². The molecule has 2 fully saturated rings. The zero-order chi connectivity index (χ0) is 22.5. The van der Waals surface area contributed by atoms with Crippen LogP contribution in [-0.4, -0.2) is 81.9 Å². The minimum Gasteiger partial charge on any atom is -0.342 e. The zero-order valence-corrected chi connectivity index (χ0v) is 19.4. The Morgan fingerprint density at radius 2 is 1.62 bits per heavy atom. The molecule has 0 bridgehead atoms. The smallest absolute Gasteiger partial charge is 0.255 e. The highest BCUT2D eigenvalue weighted by molar-refractivity contribution is 5.95. The second-order valence-electron chi connectivity index (χ2n) is 9.06. The molecule has 0 aliphatic carbocycles. The molecule has 0 atom stereocenters. The number of likely N-dealkylation sites (tertiary alicyclic amines) is 1. The van der Waals surface area contributed by atoms with Gasteiger partial charge in [-0.25, -0.2) is 0 Å². The van der Waals surface area contributed by atoms with E-state index < -0.39 is 0 Å². The van der Waals surface area contributed by atoms with Gasteiger partial charge in [0.05, 0.1) is 24.3 Å². The number of amides is 2. The number of hydrogen-bond acceptors (Lipinski definition) is 4. The summed E-state index contributed by atoms with van der Waals surface area (Å²) in [5.41, 5.74) is 3.80. The summed E-state index contributed by atoms with van der Waals surface area (Å²) in [4.78, 5) is 36.5. The molecule has 32 heavy (non-hydrogen) atoms. The van der Waals surface area contributed by atoms with E-state index in [4.69, 9.17) is 0 Å². The number of piperazine rings is 1. The number of carbonyl (C=O) groups is 2. The Balaban J connectivity index is 1.33. The molecule has 0 aromatic carbocycles. The van der Waals surface area contributed by atoms with Crippen LogP contribution in [0.4, 0.5) is 0 Å². The molecule has 2 aromatic rings. The van der Waals surface area contributed by atoms with Crippen LogP contribution in [-0.2, 0) is 11.3 Å². The molecule has 0 N–H and O–H groups in total. The van der Waals surface area contributed by atoms with Crippen LogP contribution in [0.5, 0.6) is 0 Å². The van der Waals surface area contributed by atoms with Crippen molar-refractivity contribution in [3.05, 3.63) is 53.1 Å². The normalized spacial score (nSPS) is 17.9. The Kier molecular flexibility index (Phi) is 7.25. The van der Waals surface area contributed by atoms with Crippen molar-refractivity contribution in [2.75, 3.05) is 45.8 Å². The first kappa shape index (κ1) is 22.5. The molecule has 0 radical (unpaired) electrons. The third-order valence-corrected chi connectivity index (χ3v) is 6.83. The molecule has 2 aliphatic heterocycles. The molecule has 7 nitrogen and oxygen atoms in total. The molecule has 4 heterocycles. The summed E-state index contributed by atoms with van der Waals surface area (Å²) in [5, 5.41) is 0. The fraction of sp³-hybridized carbons (Fsp3) is 0.560. The number of hydrogen-bond donors (Lipinski definition) is 0. The molecule has 2 saturated heterocycles. The lowest BCUT2D eigenvalue weighted by Crippen LogP contribution is -2.51. The fourth-order valence-electron chi connectivity index (χ4n) is 4.81. The highest BCUT2D eigenvalue weighted by atomic mass is 16.2. The van der Waals surface area contributed by atoms with Crippen LogP contribution in [0.1, 0.15) is 53.1 Å². The van der Waals surface area contributed by atoms with Crippen molar-refractivity contribution < 1.29 is 9.59 Å². The molecule has 4 rings (SSSR count). The highest BCUT2D eigenvalue weighted by Gasteiger charge is 2.27. The lowest BCUT2D eigenvalue weighted by Gasteiger charge is -2.35. The van der Waals surface area contributed by atoms with Crippen molar-refractivity contribution in [1.29, 1.82) is 0 Å². The topological polar surface area (TPSA) is 61.7 Å². The van der Waals surface area contributed by atoms with Crippen LogP contribution in [0.3, 0.4) is 0 Å². The van der Waals surface area contributed by atoms with Gasteiger partial charge in [0, 0.05) is 56.9 Å². The highest BCUT2D eigenvalue weighted by Crippen LogP contribution is 2.19. The number of rotatable bonds is 5. The van der Waals surface area contributed by atoms with Gasteiger partial charge in [0.1, 0.15) is 0 Å². The summed E-state index contributed by atoms with van der Waals surface area (Å²) in [5.74, 6) is 0.327. The standard InChI is InChI=1S/C25H35N5O2/c1-20-17-23(21(2)30(20)18-22-9-5-6-10-26-22)25(32)29-15-13-27(14-16-29)19-24(31)28-11-7-3-4-8-12-28/h5-6,9-10,17H,3-4,7-8,11-16,18-19H2,1-2H3. The zero-order valence-electron chi connectivity index (χ0n) is 19.4. The number of carbonyl (C=O) groups excluding carboxylic acids is 2. The summed E-state index contributed by atoms with van der Waals surface area (Å²) in [6, 6.07) is 7.90. The van der Waals surface area contributed by atoms with Gasteiger partial charge in [0.15, 0.2) is 0 Å². The van der Waals surface area contributed by atoms with E-state index in [-0.39, 0.29) is 11.8 Å². The van der Waals surface area contributed by atoms with E-state index in [9.17, 15) is 9.59 Å². The largest absolute Gasteiger partial charge is 0.342 e. The fourth-order valence-corrected chi connectivity index (χ4v) is 4.81. The average molecular weight is 438 g/mol. The van der Waals surface area contributed by atoms with E-state index >= 15 is 0 Å². The Morgan fingerprint density at radius 3 is 2.28 bits per heavy atom. The number of aryl methyl sites for hydroxylation is 1. The second kappa shape index (κ2) is 10.3. The van der Waals surface area contributed by atoms with E-state index in [0.29, 0.717) is 26.2 Å². The number of aromatic nitrogens is 2. The van der Waals surface area contributed by atoms with Gasteiger partial charge in [-0.3, -0.25) is 19.5 Å². The molecule has 0 saturated carbocycles. The van der Waals surface area contributed by atoms with Gasteiger partial charge in [0.25, 0.3) is 5.91 Å². The lowest BCUT2D eigenvalue weighted by atomic mass is 10.2. The SMILES string of the molecule is Cc1cc(C(=O)N2CCN(CC(=O)N3CCCCCC3)CC2)c(C)n1Cc1ccccn1. The minimum absolute atomic E-state index is 0.0869. The van der Waals surface area contributed by atoms with Crippen LogP contribution in [0.15, 0.2) is 30.5 Å². The van der Waals surface area contributed by atoms with Crippen LogP contribution in [0.2, 0.25) is 0 Å². The van der Waals surface area contributed by atoms with Crippen molar-refractivity contribution in [2.24, 2.45) is 0 Å². The van der Waals surface area contributed by atoms with E-state index in [1.54, 1.807) is 6.20 Å². The van der Waals surface area contributed by atoms with Crippen LogP contribution in [0, 0.1) is 13.8 Å². The van der Waals surface area contributed by atoms with Crippen molar-refractivity contribution in [3.63, 3.8) is 0 Å². The third-order valence-electron chi connectivity index (χ3n) is 6.83. The van der Waals surface area contributed by atoms with Gasteiger partial charge in [-0.1, -0.05) is 18.9 Å². The van der Waals surface area contributed by atoms with Crippen LogP contribution < -0.4 is 0 Å². The molecular formula is C25H35N5O2. The van der Waals surface area contributed by atoms with Gasteiger partial charge >= 0.3 is 0 Å². The summed E-state index contributed by atoms with van der Waals surface area (Å²) in [7, 11) is 0. The maximum atomic E-state index is 13.3. The maximum absolute atomic E-state index is 13.3. The molecule has 2 amide bonds. The van der Waals surface area contributed by atoms with E-state index in [0.717, 1.165) is 61.7 Å². The monoisotopic (exact) mass is 437 g/mol. The Bertz CT molecular complexity index is 923. The second-order valence-corrected chi connectivity index (χ2v) is 9.06. The molecule has 7 heteroatoms. The van der Waals surface area contributed by atoms with E-state index in [2.05, 4.69) is 14.5 Å². The minimum atomic E-state index is 0.0869. The van der Waals surface area contributed by atoms with Gasteiger partial charge < -0.3 is 14.4 Å². The molecule has 0 unspecified atom stereocenters. The maximum Gasteiger partial charge on any atom is 0.255 e. The van der Waals surface area contributed by atoms with Crippen molar-refractivity contribution in [1.82, 2.24) is 24.3 Å². The first-order valence-corrected chi connectivity index (χ1v) is 11.9. The Morgan fingerprint density at radius 1 is 0.906 bits per heavy atom. The van der Waals surface area contributed by atoms with Gasteiger partial charge in [-0.2, -0.15) is 0 Å². The number of pyridine rings is 1. The van der Waals surface area contributed by atoms with Crippen molar-refractivity contribution in [3.8, 4) is 0 Å². The van der Waals surface area contributed by atoms with E-state index in [1.807, 2.05) is 47.9 Å². The predicted octanol–water partition coefficient (Wildman–Crippen LogP) is 2.71. The Labute approximate surface area is 191 Å². The summed E-state index contributed by atoms with van der Waals surface area (Å²) in [6.07, 6.45) is 6.49. The Hall–Kier alpha value is -2.67. The molecule has 2 aliphatic rings. The summed E-state index contributed by atoms with van der Waals surface area (Å²) >= 11 is 0. The molecule has 0 spiro atoms. The first-order chi connectivity index (χ1) is 15.5. The molecule has 172 valence electrons. The third kappa shape index (κ3) is 5.21. The van der Waals surface area contributed by atoms with Crippen LogP contribution in [0.25, 0.3) is 0 Å². The quantitative estimate of drug-likeness (QED) is 0.722. The molecular weight excluding hydrogens is 402 g/mol. The molecule has 2 aromatic heterocycles. The lowest BCUT2D eigenvalue weighted by molar-refractivity contribution is -0.132. The predicted molar refractivity (Wildman–Crippen MR) is 125 cm³/mol. The van der Waals surface area contributed by atoms with Gasteiger partial charge in [-0.15, -0.1) is 0 Å². The van der Waals surface area contributed by atoms with E-state index in [1.165, 1.54) is 12.8 Å². The average Bonchev–Trinajstić information content (AvgIpc) is 2.99. The number of nitrogens with zero attached hydrogens (tertiary/aromatic N) is 5. The van der Waals surface area contributed by atoms with Crippen molar-refractivity contribution >= 4 is 11.8 Å². The first-order valence-electron chi connectivity index (χ1n) is 11.9. The summed E-state index contributed by atoms with van der Waals surface area (Å²) in [6.45, 7) is 9.80.